The van der Waals surface area contributed by atoms with E-state index in [1.54, 1.807) is 159 Å². The van der Waals surface area contributed by atoms with Crippen molar-refractivity contribution in [3.05, 3.63) is 287 Å². The lowest BCUT2D eigenvalue weighted by atomic mass is 9.97. The normalized spacial score (nSPS) is 25.1. The highest BCUT2D eigenvalue weighted by Crippen LogP contribution is 2.43. The summed E-state index contributed by atoms with van der Waals surface area (Å²) >= 11 is 0. The molecule has 8 aromatic carbocycles. The average molecular weight is 1380 g/mol. The van der Waals surface area contributed by atoms with E-state index in [1.807, 2.05) is 0 Å². The maximum atomic E-state index is 14.6. The zero-order valence-corrected chi connectivity index (χ0v) is 54.2. The maximum Gasteiger partial charge on any atom is 0.338 e. The van der Waals surface area contributed by atoms with Gasteiger partial charge < -0.3 is 76.2 Å². The summed E-state index contributed by atoms with van der Waals surface area (Å²) in [5, 5.41) is 12.8. The minimum atomic E-state index is -1.97. The first-order valence-electron chi connectivity index (χ1n) is 32.3. The molecule has 520 valence electrons. The molecule has 4 heterocycles. The van der Waals surface area contributed by atoms with Gasteiger partial charge in [0, 0.05) is 0 Å². The Bertz CT molecular complexity index is 4120. The summed E-state index contributed by atoms with van der Waals surface area (Å²) < 4.78 is 95.3. The van der Waals surface area contributed by atoms with E-state index in [0.717, 1.165) is 0 Å². The third-order valence-electron chi connectivity index (χ3n) is 16.6. The molecule has 24 heteroatoms. The van der Waals surface area contributed by atoms with Crippen LogP contribution in [0.3, 0.4) is 0 Å². The monoisotopic (exact) mass is 1380 g/mol. The van der Waals surface area contributed by atoms with Gasteiger partial charge in [-0.2, -0.15) is 0 Å². The Morgan fingerprint density at radius 3 is 0.950 bits per heavy atom. The lowest BCUT2D eigenvalue weighted by Gasteiger charge is -2.45. The first-order valence-corrected chi connectivity index (χ1v) is 32.3. The van der Waals surface area contributed by atoms with Crippen LogP contribution >= 0.6 is 0 Å². The van der Waals surface area contributed by atoms with Crippen LogP contribution in [0.5, 0.6) is 0 Å². The van der Waals surface area contributed by atoms with Gasteiger partial charge in [0.2, 0.25) is 0 Å². The topological polar surface area (TPSA) is 295 Å². The van der Waals surface area contributed by atoms with Gasteiger partial charge in [-0.1, -0.05) is 146 Å². The van der Waals surface area contributed by atoms with Crippen LogP contribution in [0.2, 0.25) is 0 Å². The zero-order chi connectivity index (χ0) is 70.4. The van der Waals surface area contributed by atoms with E-state index in [4.69, 9.17) is 71.1 Å². The fourth-order valence-corrected chi connectivity index (χ4v) is 11.7. The molecule has 0 amide bonds. The van der Waals surface area contributed by atoms with Crippen molar-refractivity contribution in [3.8, 4) is 0 Å². The van der Waals surface area contributed by atoms with Crippen LogP contribution in [-0.2, 0) is 71.1 Å². The second-order valence-corrected chi connectivity index (χ2v) is 24.0. The number of benzene rings is 8. The average Bonchev–Trinajstić information content (AvgIpc) is 1.68. The van der Waals surface area contributed by atoms with Crippen LogP contribution in [0.4, 0.5) is 0 Å². The van der Waals surface area contributed by atoms with Crippen LogP contribution in [0, 0.1) is 0 Å². The summed E-state index contributed by atoms with van der Waals surface area (Å²) in [5.74, 6) is -8.96. The number of rotatable bonds is 24. The minimum Gasteiger partial charge on any atom is -0.459 e. The fourth-order valence-electron chi connectivity index (χ4n) is 11.7. The van der Waals surface area contributed by atoms with Crippen LogP contribution in [0.1, 0.15) is 96.7 Å². The summed E-state index contributed by atoms with van der Waals surface area (Å²) in [7, 11) is 0. The lowest BCUT2D eigenvalue weighted by Crippen LogP contribution is -2.64. The Hall–Kier alpha value is -10.8. The Balaban J connectivity index is 0.916. The Kier molecular flexibility index (Phi) is 22.5. The van der Waals surface area contributed by atoms with E-state index in [0.29, 0.717) is 0 Å². The number of carbonyl (C=O) groups excluding carboxylic acids is 8. The Morgan fingerprint density at radius 2 is 0.624 bits per heavy atom. The van der Waals surface area contributed by atoms with Crippen molar-refractivity contribution in [2.45, 2.75) is 112 Å². The molecule has 15 atom stereocenters. The Labute approximate surface area is 578 Å². The van der Waals surface area contributed by atoms with Crippen LogP contribution in [0.15, 0.2) is 243 Å². The highest BCUT2D eigenvalue weighted by Gasteiger charge is 2.62. The van der Waals surface area contributed by atoms with Crippen molar-refractivity contribution in [3.63, 3.8) is 0 Å². The molecule has 0 spiro atoms. The van der Waals surface area contributed by atoms with Gasteiger partial charge in [0.25, 0.3) is 0 Å². The number of carbonyl (C=O) groups is 8. The molecule has 8 aromatic rings. The molecule has 0 saturated carbocycles. The molecule has 12 rings (SSSR count). The third kappa shape index (κ3) is 17.3. The van der Waals surface area contributed by atoms with Gasteiger partial charge in [0.05, 0.1) is 51.1 Å². The largest absolute Gasteiger partial charge is 0.459 e. The van der Waals surface area contributed by atoms with E-state index in [1.165, 1.54) is 97.1 Å². The van der Waals surface area contributed by atoms with E-state index in [9.17, 15) is 43.5 Å². The molecule has 0 radical (unpaired) electrons. The molecular weight excluding hydrogens is 1310 g/mol. The van der Waals surface area contributed by atoms with E-state index in [2.05, 4.69) is 0 Å². The van der Waals surface area contributed by atoms with E-state index in [-0.39, 0.29) is 44.5 Å². The molecule has 4 aliphatic rings. The smallest absolute Gasteiger partial charge is 0.338 e. The molecule has 1 N–H and O–H groups in total. The SMILES string of the molecule is CC1(C)O[C@H]2O[C@@H]([C@H](O)CO[C@@H]3O[C@H](COC(=O)c4ccccc4)[C@H](OC(=O)c4ccccc4)[C@H](OC(=O)c4ccccc4)[C@H]3OC(=O)c3ccccc3)[C@H](O[C@@H]3O[C@H](COC(=O)c4ccccc4)[C@H](OC(=O)c4ccccc4)[C@H](OC(=O)c4ccccc4)[C@H]3OC(=O)c3ccccc3)[C@H]2O1. The van der Waals surface area contributed by atoms with E-state index >= 15 is 0 Å². The molecule has 0 aromatic heterocycles. The van der Waals surface area contributed by atoms with Gasteiger partial charge in [-0.25, -0.2) is 38.4 Å². The first-order chi connectivity index (χ1) is 49.0. The summed E-state index contributed by atoms with van der Waals surface area (Å²) in [5.41, 5.74) is 0.399. The highest BCUT2D eigenvalue weighted by molar-refractivity contribution is 5.93. The second kappa shape index (κ2) is 32.5. The lowest BCUT2D eigenvalue weighted by molar-refractivity contribution is -0.325. The minimum absolute atomic E-state index is 0.00662. The predicted octanol–water partition coefficient (Wildman–Crippen LogP) is 9.14. The highest BCUT2D eigenvalue weighted by atomic mass is 16.9. The summed E-state index contributed by atoms with van der Waals surface area (Å²) in [6, 6.07) is 62.3. The number of aliphatic hydroxyl groups is 1. The third-order valence-corrected chi connectivity index (χ3v) is 16.6. The number of hydrogen-bond donors (Lipinski definition) is 1. The van der Waals surface area contributed by atoms with Gasteiger partial charge >= 0.3 is 47.8 Å². The molecular formula is C77H68O24. The van der Waals surface area contributed by atoms with Crippen molar-refractivity contribution in [2.24, 2.45) is 0 Å². The molecule has 101 heavy (non-hydrogen) atoms. The van der Waals surface area contributed by atoms with Crippen LogP contribution in [-0.4, -0.2) is 171 Å². The van der Waals surface area contributed by atoms with Crippen LogP contribution in [0.25, 0.3) is 0 Å². The number of aliphatic hydroxyl groups excluding tert-OH is 1. The van der Waals surface area contributed by atoms with Gasteiger partial charge in [-0.15, -0.1) is 0 Å². The molecule has 0 bridgehead atoms. The number of hydrogen-bond acceptors (Lipinski definition) is 24. The summed E-state index contributed by atoms with van der Waals surface area (Å²) in [4.78, 5) is 114. The number of fused-ring (bicyclic) bond motifs is 1. The van der Waals surface area contributed by atoms with Crippen molar-refractivity contribution < 1.29 is 115 Å². The van der Waals surface area contributed by atoms with Gasteiger partial charge in [-0.3, -0.25) is 0 Å². The molecule has 0 aliphatic carbocycles. The van der Waals surface area contributed by atoms with Gasteiger partial charge in [0.15, 0.2) is 61.3 Å². The summed E-state index contributed by atoms with van der Waals surface area (Å²) in [6.07, 6.45) is -26.1. The molecule has 4 aliphatic heterocycles. The first kappa shape index (κ1) is 70.1. The fraction of sp³-hybridized carbons (Fsp3) is 0.273. The predicted molar refractivity (Wildman–Crippen MR) is 350 cm³/mol. The van der Waals surface area contributed by atoms with Crippen molar-refractivity contribution >= 4 is 47.8 Å². The van der Waals surface area contributed by atoms with Gasteiger partial charge in [0.1, 0.15) is 49.8 Å². The van der Waals surface area contributed by atoms with Crippen molar-refractivity contribution in [1.82, 2.24) is 0 Å². The number of ether oxygens (including phenoxy) is 15. The van der Waals surface area contributed by atoms with Crippen LogP contribution < -0.4 is 0 Å². The molecule has 24 nitrogen and oxygen atoms in total. The maximum absolute atomic E-state index is 14.6. The molecule has 0 unspecified atom stereocenters. The number of esters is 8. The van der Waals surface area contributed by atoms with Crippen molar-refractivity contribution in [1.29, 1.82) is 0 Å². The van der Waals surface area contributed by atoms with E-state index < -0.39 is 165 Å². The quantitative estimate of drug-likeness (QED) is 0.0435. The second-order valence-electron chi connectivity index (χ2n) is 24.0. The zero-order valence-electron chi connectivity index (χ0n) is 54.2. The summed E-state index contributed by atoms with van der Waals surface area (Å²) in [6.45, 7) is 0.859. The van der Waals surface area contributed by atoms with Crippen molar-refractivity contribution in [2.75, 3.05) is 19.8 Å². The van der Waals surface area contributed by atoms with Gasteiger partial charge in [-0.05, 0) is 111 Å². The Morgan fingerprint density at radius 1 is 0.347 bits per heavy atom. The standard InChI is InChI=1S/C77H68O24/c1-77(2)100-65-60(99-75-64(97-73(86)53-41-25-10-26-42-53)62(95-71(84)51-37-21-8-22-38-51)59(93-69(82)49-33-17-6-18-34-49)56(91-75)45-88-67(80)47-29-13-4-14-30-47)57(98-76(65)101-77)54(78)43-89-74-63(96-72(85)52-39-23-9-24-40-52)61(94-70(83)50-35-19-7-20-36-50)58(92-68(81)48-31-15-5-16-32-48)55(90-74)44-87-66(79)46-27-11-3-12-28-46/h3-42,54-65,74-76,78H,43-45H2,1-2H3/t54-,55-,56-,57+,58+,59+,60+,61+,62+,63-,64-,65-,74-,75+,76-/m1/s1. The molecule has 4 fully saturated rings. The molecule has 4 saturated heterocycles.